The van der Waals surface area contributed by atoms with Gasteiger partial charge in [0.25, 0.3) is 0 Å². The summed E-state index contributed by atoms with van der Waals surface area (Å²) in [5.74, 6) is 0.706. The number of hydrogen-bond acceptors (Lipinski definition) is 3. The minimum absolute atomic E-state index is 0.706. The molecule has 3 heteroatoms. The van der Waals surface area contributed by atoms with Crippen molar-refractivity contribution in [2.75, 3.05) is 0 Å². The number of nitrogens with zero attached hydrogens (tertiary/aromatic N) is 3. The molecule has 0 amide bonds. The molecule has 0 radical (unpaired) electrons. The summed E-state index contributed by atoms with van der Waals surface area (Å²) >= 11 is 0. The smallest absolute Gasteiger partial charge is 0.160 e. The maximum absolute atomic E-state index is 5.05. The molecule has 2 aromatic heterocycles. The van der Waals surface area contributed by atoms with Gasteiger partial charge < -0.3 is 0 Å². The lowest BCUT2D eigenvalue weighted by atomic mass is 9.89. The summed E-state index contributed by atoms with van der Waals surface area (Å²) in [6.45, 7) is 0. The SMILES string of the molecule is c1ccc(-c2nc(-c3ccc(-c4ccccn4)cc3)cc(-c3ccc(-c4ccc5ccc6cccc7ccc4c5c67)cc3)n2)cc1. The molecule has 7 aromatic carbocycles. The first-order valence-corrected chi connectivity index (χ1v) is 15.5. The van der Waals surface area contributed by atoms with Gasteiger partial charge in [-0.25, -0.2) is 9.97 Å². The Balaban J connectivity index is 1.13. The molecule has 0 spiro atoms. The molecule has 0 saturated heterocycles. The molecule has 3 nitrogen and oxygen atoms in total. The van der Waals surface area contributed by atoms with Gasteiger partial charge in [0.2, 0.25) is 0 Å². The zero-order chi connectivity index (χ0) is 30.5. The van der Waals surface area contributed by atoms with Crippen LogP contribution in [0.1, 0.15) is 0 Å². The van der Waals surface area contributed by atoms with Crippen molar-refractivity contribution in [2.45, 2.75) is 0 Å². The molecule has 9 aromatic rings. The molecule has 2 heterocycles. The van der Waals surface area contributed by atoms with E-state index >= 15 is 0 Å². The van der Waals surface area contributed by atoms with Gasteiger partial charge in [0.05, 0.1) is 17.1 Å². The summed E-state index contributed by atoms with van der Waals surface area (Å²) < 4.78 is 0. The van der Waals surface area contributed by atoms with E-state index in [2.05, 4.69) is 126 Å². The number of rotatable bonds is 5. The maximum Gasteiger partial charge on any atom is 0.160 e. The molecule has 0 aliphatic rings. The molecular weight excluding hydrogens is 558 g/mol. The molecule has 214 valence electrons. The van der Waals surface area contributed by atoms with Gasteiger partial charge in [0, 0.05) is 28.5 Å². The lowest BCUT2D eigenvalue weighted by Gasteiger charge is -2.14. The first-order valence-electron chi connectivity index (χ1n) is 15.5. The maximum atomic E-state index is 5.05. The van der Waals surface area contributed by atoms with E-state index in [9.17, 15) is 0 Å². The van der Waals surface area contributed by atoms with Crippen LogP contribution in [-0.2, 0) is 0 Å². The number of hydrogen-bond donors (Lipinski definition) is 0. The Labute approximate surface area is 266 Å². The standard InChI is InChI=1S/C43H27N3/c1-2-7-35(8-3-1)43-45-39(27-40(46-43)31-18-16-29(17-19-31)38-11-4-5-26-44-38)30-14-12-28(13-15-30)36-24-22-34-21-20-32-9-6-10-33-23-25-37(36)42(34)41(32)33/h1-27H. The summed E-state index contributed by atoms with van der Waals surface area (Å²) in [6, 6.07) is 55.5. The minimum Gasteiger partial charge on any atom is -0.256 e. The van der Waals surface area contributed by atoms with Crippen molar-refractivity contribution < 1.29 is 0 Å². The normalized spacial score (nSPS) is 11.5. The monoisotopic (exact) mass is 585 g/mol. The molecule has 0 unspecified atom stereocenters. The molecule has 0 N–H and O–H groups in total. The van der Waals surface area contributed by atoms with Gasteiger partial charge in [-0.05, 0) is 61.6 Å². The average molecular weight is 586 g/mol. The van der Waals surface area contributed by atoms with Gasteiger partial charge in [-0.1, -0.05) is 140 Å². The largest absolute Gasteiger partial charge is 0.256 e. The van der Waals surface area contributed by atoms with Crippen molar-refractivity contribution in [3.8, 4) is 56.3 Å². The van der Waals surface area contributed by atoms with Crippen molar-refractivity contribution in [3.05, 3.63) is 164 Å². The Kier molecular flexibility index (Phi) is 6.14. The molecule has 0 fully saturated rings. The fourth-order valence-electron chi connectivity index (χ4n) is 6.61. The van der Waals surface area contributed by atoms with Crippen LogP contribution >= 0.6 is 0 Å². The second-order valence-electron chi connectivity index (χ2n) is 11.7. The zero-order valence-corrected chi connectivity index (χ0v) is 24.9. The fraction of sp³-hybridized carbons (Fsp3) is 0. The van der Waals surface area contributed by atoms with E-state index in [1.54, 1.807) is 0 Å². The second kappa shape index (κ2) is 10.8. The Bertz CT molecular complexity index is 2470. The Morgan fingerprint density at radius 2 is 0.913 bits per heavy atom. The first-order chi connectivity index (χ1) is 22.8. The van der Waals surface area contributed by atoms with Crippen molar-refractivity contribution in [2.24, 2.45) is 0 Å². The molecule has 0 bridgehead atoms. The van der Waals surface area contributed by atoms with Crippen LogP contribution in [0.15, 0.2) is 164 Å². The van der Waals surface area contributed by atoms with Gasteiger partial charge in [-0.15, -0.1) is 0 Å². The summed E-state index contributed by atoms with van der Waals surface area (Å²) in [5.41, 5.74) is 9.28. The van der Waals surface area contributed by atoms with Gasteiger partial charge in [0.1, 0.15) is 0 Å². The molecule has 9 rings (SSSR count). The van der Waals surface area contributed by atoms with E-state index in [-0.39, 0.29) is 0 Å². The van der Waals surface area contributed by atoms with Crippen LogP contribution in [0.25, 0.3) is 88.6 Å². The Hall–Kier alpha value is -6.19. The van der Waals surface area contributed by atoms with E-state index in [0.29, 0.717) is 5.82 Å². The molecule has 46 heavy (non-hydrogen) atoms. The lowest BCUT2D eigenvalue weighted by Crippen LogP contribution is -1.96. The Morgan fingerprint density at radius 1 is 0.348 bits per heavy atom. The topological polar surface area (TPSA) is 38.7 Å². The predicted octanol–water partition coefficient (Wildman–Crippen LogP) is 11.1. The third kappa shape index (κ3) is 4.49. The van der Waals surface area contributed by atoms with Crippen molar-refractivity contribution in [3.63, 3.8) is 0 Å². The second-order valence-corrected chi connectivity index (χ2v) is 11.7. The fourth-order valence-corrected chi connectivity index (χ4v) is 6.61. The first kappa shape index (κ1) is 26.2. The van der Waals surface area contributed by atoms with Crippen LogP contribution in [0.2, 0.25) is 0 Å². The molecular formula is C43H27N3. The molecule has 0 aliphatic carbocycles. The summed E-state index contributed by atoms with van der Waals surface area (Å²) in [7, 11) is 0. The van der Waals surface area contributed by atoms with Crippen LogP contribution in [0.3, 0.4) is 0 Å². The quantitative estimate of drug-likeness (QED) is 0.189. The zero-order valence-electron chi connectivity index (χ0n) is 24.9. The number of aromatic nitrogens is 3. The Morgan fingerprint density at radius 3 is 1.57 bits per heavy atom. The van der Waals surface area contributed by atoms with E-state index in [0.717, 1.165) is 39.3 Å². The minimum atomic E-state index is 0.706. The van der Waals surface area contributed by atoms with E-state index in [1.165, 1.54) is 43.4 Å². The van der Waals surface area contributed by atoms with Gasteiger partial charge in [-0.3, -0.25) is 4.98 Å². The van der Waals surface area contributed by atoms with E-state index in [1.807, 2.05) is 42.6 Å². The molecule has 0 saturated carbocycles. The number of benzene rings is 7. The van der Waals surface area contributed by atoms with Crippen molar-refractivity contribution in [1.29, 1.82) is 0 Å². The predicted molar refractivity (Wildman–Crippen MR) is 191 cm³/mol. The highest BCUT2D eigenvalue weighted by Crippen LogP contribution is 2.39. The molecule has 0 atom stereocenters. The van der Waals surface area contributed by atoms with Crippen LogP contribution in [0.5, 0.6) is 0 Å². The highest BCUT2D eigenvalue weighted by molar-refractivity contribution is 6.25. The third-order valence-electron chi connectivity index (χ3n) is 8.92. The third-order valence-corrected chi connectivity index (χ3v) is 8.92. The summed E-state index contributed by atoms with van der Waals surface area (Å²) in [4.78, 5) is 14.6. The van der Waals surface area contributed by atoms with Crippen LogP contribution in [0, 0.1) is 0 Å². The lowest BCUT2D eigenvalue weighted by molar-refractivity contribution is 1.18. The average Bonchev–Trinajstić information content (AvgIpc) is 3.14. The van der Waals surface area contributed by atoms with Crippen LogP contribution < -0.4 is 0 Å². The summed E-state index contributed by atoms with van der Waals surface area (Å²) in [6.07, 6.45) is 1.82. The van der Waals surface area contributed by atoms with Crippen LogP contribution in [-0.4, -0.2) is 15.0 Å². The van der Waals surface area contributed by atoms with Gasteiger partial charge in [0.15, 0.2) is 5.82 Å². The van der Waals surface area contributed by atoms with Gasteiger partial charge in [-0.2, -0.15) is 0 Å². The molecule has 0 aliphatic heterocycles. The van der Waals surface area contributed by atoms with Crippen LogP contribution in [0.4, 0.5) is 0 Å². The summed E-state index contributed by atoms with van der Waals surface area (Å²) in [5, 5.41) is 7.78. The van der Waals surface area contributed by atoms with Gasteiger partial charge >= 0.3 is 0 Å². The highest BCUT2D eigenvalue weighted by atomic mass is 14.9. The van der Waals surface area contributed by atoms with Crippen molar-refractivity contribution >= 4 is 32.3 Å². The van der Waals surface area contributed by atoms with E-state index in [4.69, 9.17) is 9.97 Å². The van der Waals surface area contributed by atoms with E-state index < -0.39 is 0 Å². The number of pyridine rings is 1. The van der Waals surface area contributed by atoms with Crippen molar-refractivity contribution in [1.82, 2.24) is 15.0 Å². The highest BCUT2D eigenvalue weighted by Gasteiger charge is 2.14.